The molecular formula is C8H13ClN4O. The average molecular weight is 217 g/mol. The van der Waals surface area contributed by atoms with E-state index in [0.29, 0.717) is 12.2 Å². The first-order chi connectivity index (χ1) is 6.61. The molecule has 0 fully saturated rings. The number of likely N-dealkylation sites (N-methyl/N-ethyl adjacent to an activating group) is 1. The second-order valence-electron chi connectivity index (χ2n) is 3.23. The summed E-state index contributed by atoms with van der Waals surface area (Å²) in [7, 11) is 3.95. The van der Waals surface area contributed by atoms with Gasteiger partial charge in [0.2, 0.25) is 0 Å². The molecule has 0 bridgehead atoms. The minimum atomic E-state index is -0.467. The van der Waals surface area contributed by atoms with Gasteiger partial charge in [-0.2, -0.15) is 5.11 Å². The van der Waals surface area contributed by atoms with Crippen molar-refractivity contribution in [2.75, 3.05) is 33.7 Å². The smallest absolute Gasteiger partial charge is 0.308 e. The van der Waals surface area contributed by atoms with Gasteiger partial charge in [-0.05, 0) is 14.1 Å². The summed E-state index contributed by atoms with van der Waals surface area (Å²) in [6, 6.07) is 0. The molecule has 0 unspecified atom stereocenters. The lowest BCUT2D eigenvalue weighted by Crippen LogP contribution is -2.28. The summed E-state index contributed by atoms with van der Waals surface area (Å²) in [4.78, 5) is 13.0. The molecule has 5 nitrogen and oxygen atoms in total. The van der Waals surface area contributed by atoms with Gasteiger partial charge in [0.25, 0.3) is 0 Å². The third-order valence-electron chi connectivity index (χ3n) is 1.74. The Labute approximate surface area is 87.8 Å². The number of carbonyl (C=O) groups is 1. The van der Waals surface area contributed by atoms with Crippen molar-refractivity contribution in [2.45, 2.75) is 0 Å². The van der Waals surface area contributed by atoms with Gasteiger partial charge in [-0.25, -0.2) is 0 Å². The van der Waals surface area contributed by atoms with Crippen molar-refractivity contribution >= 4 is 17.5 Å². The summed E-state index contributed by atoms with van der Waals surface area (Å²) < 4.78 is 0. The van der Waals surface area contributed by atoms with Gasteiger partial charge in [0.1, 0.15) is 11.6 Å². The Morgan fingerprint density at radius 1 is 1.57 bits per heavy atom. The number of halogens is 1. The first-order valence-electron chi connectivity index (χ1n) is 4.30. The summed E-state index contributed by atoms with van der Waals surface area (Å²) in [6.45, 7) is 1.97. The average Bonchev–Trinajstić information content (AvgIpc) is 2.12. The van der Waals surface area contributed by atoms with E-state index in [4.69, 9.17) is 11.6 Å². The van der Waals surface area contributed by atoms with Crippen LogP contribution in [0, 0.1) is 0 Å². The maximum Gasteiger partial charge on any atom is 0.308 e. The molecule has 1 aliphatic heterocycles. The van der Waals surface area contributed by atoms with E-state index < -0.39 is 5.91 Å². The van der Waals surface area contributed by atoms with Crippen molar-refractivity contribution in [3.8, 4) is 0 Å². The Bertz CT molecular complexity index is 285. The summed E-state index contributed by atoms with van der Waals surface area (Å²) in [5.41, 5.74) is 0.661. The van der Waals surface area contributed by atoms with Gasteiger partial charge in [0.05, 0.1) is 5.70 Å². The van der Waals surface area contributed by atoms with Crippen LogP contribution >= 0.6 is 11.6 Å². The zero-order valence-corrected chi connectivity index (χ0v) is 9.01. The van der Waals surface area contributed by atoms with Gasteiger partial charge < -0.3 is 10.2 Å². The lowest BCUT2D eigenvalue weighted by Gasteiger charge is -2.14. The Balaban J connectivity index is 2.44. The molecule has 0 aliphatic carbocycles. The highest BCUT2D eigenvalue weighted by Gasteiger charge is 2.16. The highest BCUT2D eigenvalue weighted by Crippen LogP contribution is 2.14. The Kier molecular flexibility index (Phi) is 4.03. The molecule has 0 saturated carbocycles. The van der Waals surface area contributed by atoms with Crippen molar-refractivity contribution in [1.82, 2.24) is 10.2 Å². The topological polar surface area (TPSA) is 57.1 Å². The molecule has 1 heterocycles. The molecule has 14 heavy (non-hydrogen) atoms. The summed E-state index contributed by atoms with van der Waals surface area (Å²) in [5.74, 6) is -0.467. The van der Waals surface area contributed by atoms with Crippen molar-refractivity contribution in [2.24, 2.45) is 10.2 Å². The zero-order chi connectivity index (χ0) is 10.6. The number of azo groups is 1. The molecule has 1 N–H and O–H groups in total. The fraction of sp³-hybridized carbons (Fsp3) is 0.625. The predicted molar refractivity (Wildman–Crippen MR) is 54.2 cm³/mol. The standard InChI is InChI=1S/C8H13ClN4O/c1-13(2)4-3-10-6-5-11-12-8(14)7(6)9/h10H,3-5H2,1-2H3. The van der Waals surface area contributed by atoms with Crippen LogP contribution in [0.5, 0.6) is 0 Å². The van der Waals surface area contributed by atoms with Gasteiger partial charge >= 0.3 is 5.91 Å². The van der Waals surface area contributed by atoms with Crippen LogP contribution < -0.4 is 5.32 Å². The van der Waals surface area contributed by atoms with Gasteiger partial charge in [0.15, 0.2) is 0 Å². The van der Waals surface area contributed by atoms with Gasteiger partial charge in [-0.15, -0.1) is 5.11 Å². The third kappa shape index (κ3) is 3.08. The fourth-order valence-electron chi connectivity index (χ4n) is 0.977. The lowest BCUT2D eigenvalue weighted by atomic mass is 10.3. The van der Waals surface area contributed by atoms with E-state index in [2.05, 4.69) is 15.5 Å². The van der Waals surface area contributed by atoms with E-state index in [0.717, 1.165) is 13.1 Å². The Morgan fingerprint density at radius 2 is 2.29 bits per heavy atom. The van der Waals surface area contributed by atoms with E-state index in [1.807, 2.05) is 19.0 Å². The largest absolute Gasteiger partial charge is 0.384 e. The normalized spacial score (nSPS) is 16.7. The second-order valence-corrected chi connectivity index (χ2v) is 3.61. The molecule has 0 aromatic rings. The second kappa shape index (κ2) is 5.07. The molecule has 0 spiro atoms. The van der Waals surface area contributed by atoms with Gasteiger partial charge in [-0.1, -0.05) is 11.6 Å². The monoisotopic (exact) mass is 216 g/mol. The van der Waals surface area contributed by atoms with E-state index in [9.17, 15) is 4.79 Å². The van der Waals surface area contributed by atoms with Crippen LogP contribution in [0.3, 0.4) is 0 Å². The first kappa shape index (κ1) is 11.1. The minimum absolute atomic E-state index is 0.152. The molecule has 0 saturated heterocycles. The molecule has 0 radical (unpaired) electrons. The first-order valence-corrected chi connectivity index (χ1v) is 4.68. The van der Waals surface area contributed by atoms with Crippen LogP contribution in [0.2, 0.25) is 0 Å². The molecule has 6 heteroatoms. The van der Waals surface area contributed by atoms with E-state index in [1.165, 1.54) is 0 Å². The molecule has 0 aromatic carbocycles. The Hall–Kier alpha value is -0.940. The Morgan fingerprint density at radius 3 is 2.93 bits per heavy atom. The molecule has 0 aromatic heterocycles. The number of nitrogens with one attached hydrogen (secondary N) is 1. The van der Waals surface area contributed by atoms with E-state index in [-0.39, 0.29) is 5.03 Å². The van der Waals surface area contributed by atoms with Crippen LogP contribution in [0.15, 0.2) is 21.0 Å². The van der Waals surface area contributed by atoms with Crippen LogP contribution in [-0.2, 0) is 4.79 Å². The van der Waals surface area contributed by atoms with Crippen LogP contribution in [0.25, 0.3) is 0 Å². The molecule has 1 amide bonds. The SMILES string of the molecule is CN(C)CCNC1=C(Cl)C(=O)N=NC1. The van der Waals surface area contributed by atoms with Gasteiger partial charge in [-0.3, -0.25) is 4.79 Å². The molecule has 0 atom stereocenters. The maximum atomic E-state index is 11.0. The van der Waals surface area contributed by atoms with Crippen molar-refractivity contribution in [3.05, 3.63) is 10.7 Å². The van der Waals surface area contributed by atoms with Crippen LogP contribution in [0.1, 0.15) is 0 Å². The number of rotatable bonds is 4. The van der Waals surface area contributed by atoms with Crippen LogP contribution in [-0.4, -0.2) is 44.5 Å². The minimum Gasteiger partial charge on any atom is -0.384 e. The number of carbonyl (C=O) groups excluding carboxylic acids is 1. The van der Waals surface area contributed by atoms with Crippen LogP contribution in [0.4, 0.5) is 0 Å². The van der Waals surface area contributed by atoms with Crippen molar-refractivity contribution < 1.29 is 4.79 Å². The molecule has 1 aliphatic rings. The number of nitrogens with zero attached hydrogens (tertiary/aromatic N) is 3. The van der Waals surface area contributed by atoms with Gasteiger partial charge in [0, 0.05) is 13.1 Å². The maximum absolute atomic E-state index is 11.0. The molecule has 78 valence electrons. The molecular weight excluding hydrogens is 204 g/mol. The summed E-state index contributed by atoms with van der Waals surface area (Å²) >= 11 is 5.75. The van der Waals surface area contributed by atoms with Crippen molar-refractivity contribution in [3.63, 3.8) is 0 Å². The molecule has 1 rings (SSSR count). The highest BCUT2D eigenvalue weighted by atomic mass is 35.5. The summed E-state index contributed by atoms with van der Waals surface area (Å²) in [6.07, 6.45) is 0. The highest BCUT2D eigenvalue weighted by molar-refractivity contribution is 6.42. The quantitative estimate of drug-likeness (QED) is 0.748. The number of hydrogen-bond acceptors (Lipinski definition) is 4. The number of amides is 1. The van der Waals surface area contributed by atoms with E-state index in [1.54, 1.807) is 0 Å². The van der Waals surface area contributed by atoms with E-state index >= 15 is 0 Å². The predicted octanol–water partition coefficient (Wildman–Crippen LogP) is 0.580. The van der Waals surface area contributed by atoms with Crippen molar-refractivity contribution in [1.29, 1.82) is 0 Å². The third-order valence-corrected chi connectivity index (χ3v) is 2.13. The number of hydrogen-bond donors (Lipinski definition) is 1. The fourth-order valence-corrected chi connectivity index (χ4v) is 1.14. The lowest BCUT2D eigenvalue weighted by molar-refractivity contribution is -0.114. The zero-order valence-electron chi connectivity index (χ0n) is 8.25. The summed E-state index contributed by atoms with van der Waals surface area (Å²) in [5, 5.41) is 10.2.